The Labute approximate surface area is 138 Å². The second-order valence-electron chi connectivity index (χ2n) is 6.99. The molecule has 1 N–H and O–H groups in total. The van der Waals surface area contributed by atoms with Gasteiger partial charge < -0.3 is 10.1 Å². The van der Waals surface area contributed by atoms with Gasteiger partial charge >= 0.3 is 0 Å². The van der Waals surface area contributed by atoms with Crippen LogP contribution < -0.4 is 5.32 Å². The van der Waals surface area contributed by atoms with Gasteiger partial charge in [-0.1, -0.05) is 6.92 Å². The summed E-state index contributed by atoms with van der Waals surface area (Å²) in [6.45, 7) is 6.22. The molecule has 5 nitrogen and oxygen atoms in total. The Hall–Kier alpha value is -1.46. The van der Waals surface area contributed by atoms with Crippen LogP contribution in [0.5, 0.6) is 0 Å². The van der Waals surface area contributed by atoms with Gasteiger partial charge in [-0.3, -0.25) is 14.7 Å². The molecule has 3 heterocycles. The number of hydrogen-bond donors (Lipinski definition) is 1. The molecule has 0 radical (unpaired) electrons. The zero-order chi connectivity index (χ0) is 16.1. The highest BCUT2D eigenvalue weighted by Crippen LogP contribution is 2.19. The summed E-state index contributed by atoms with van der Waals surface area (Å²) in [4.78, 5) is 18.6. The van der Waals surface area contributed by atoms with Gasteiger partial charge in [0.2, 0.25) is 5.91 Å². The first kappa shape index (κ1) is 16.4. The maximum Gasteiger partial charge on any atom is 0.234 e. The largest absolute Gasteiger partial charge is 0.379 e. The number of carbonyl (C=O) groups excluding carboxylic acids is 1. The SMILES string of the molecule is CC1CCN(CC(=O)N[C@@H]2COC[C@H]2Cc2ccncc2)CC1. The van der Waals surface area contributed by atoms with Crippen LogP contribution in [-0.2, 0) is 16.0 Å². The number of pyridine rings is 1. The summed E-state index contributed by atoms with van der Waals surface area (Å²) in [5.74, 6) is 1.28. The molecular weight excluding hydrogens is 290 g/mol. The van der Waals surface area contributed by atoms with E-state index in [1.807, 2.05) is 24.5 Å². The molecule has 2 saturated heterocycles. The molecule has 0 aliphatic carbocycles. The van der Waals surface area contributed by atoms with Crippen LogP contribution in [0.3, 0.4) is 0 Å². The molecule has 2 atom stereocenters. The van der Waals surface area contributed by atoms with Crippen molar-refractivity contribution >= 4 is 5.91 Å². The Balaban J connectivity index is 1.47. The lowest BCUT2D eigenvalue weighted by atomic mass is 9.95. The highest BCUT2D eigenvalue weighted by molar-refractivity contribution is 5.78. The number of ether oxygens (including phenoxy) is 1. The summed E-state index contributed by atoms with van der Waals surface area (Å²) >= 11 is 0. The Kier molecular flexibility index (Phi) is 5.62. The molecule has 3 rings (SSSR count). The van der Waals surface area contributed by atoms with Crippen molar-refractivity contribution in [3.63, 3.8) is 0 Å². The third kappa shape index (κ3) is 4.75. The lowest BCUT2D eigenvalue weighted by Gasteiger charge is -2.30. The van der Waals surface area contributed by atoms with Crippen LogP contribution in [0.4, 0.5) is 0 Å². The molecular formula is C18H27N3O2. The quantitative estimate of drug-likeness (QED) is 0.894. The molecule has 0 saturated carbocycles. The van der Waals surface area contributed by atoms with Gasteiger partial charge in [0.15, 0.2) is 0 Å². The predicted molar refractivity (Wildman–Crippen MR) is 89.0 cm³/mol. The second-order valence-corrected chi connectivity index (χ2v) is 6.99. The maximum atomic E-state index is 12.3. The lowest BCUT2D eigenvalue weighted by molar-refractivity contribution is -0.123. The van der Waals surface area contributed by atoms with Crippen LogP contribution >= 0.6 is 0 Å². The summed E-state index contributed by atoms with van der Waals surface area (Å²) in [6.07, 6.45) is 6.95. The van der Waals surface area contributed by atoms with Gasteiger partial charge in [0.25, 0.3) is 0 Å². The Morgan fingerprint density at radius 3 is 2.78 bits per heavy atom. The van der Waals surface area contributed by atoms with E-state index in [-0.39, 0.29) is 11.9 Å². The first-order valence-corrected chi connectivity index (χ1v) is 8.69. The number of nitrogens with zero attached hydrogens (tertiary/aromatic N) is 2. The van der Waals surface area contributed by atoms with E-state index in [1.54, 1.807) is 0 Å². The first-order chi connectivity index (χ1) is 11.2. The van der Waals surface area contributed by atoms with Crippen molar-refractivity contribution in [3.8, 4) is 0 Å². The minimum absolute atomic E-state index is 0.124. The van der Waals surface area contributed by atoms with Crippen molar-refractivity contribution in [3.05, 3.63) is 30.1 Å². The fourth-order valence-corrected chi connectivity index (χ4v) is 3.46. The number of carbonyl (C=O) groups is 1. The number of likely N-dealkylation sites (tertiary alicyclic amines) is 1. The lowest BCUT2D eigenvalue weighted by Crippen LogP contribution is -2.47. The summed E-state index contributed by atoms with van der Waals surface area (Å²) in [7, 11) is 0. The highest BCUT2D eigenvalue weighted by Gasteiger charge is 2.30. The van der Waals surface area contributed by atoms with Crippen molar-refractivity contribution < 1.29 is 9.53 Å². The maximum absolute atomic E-state index is 12.3. The molecule has 0 spiro atoms. The molecule has 5 heteroatoms. The highest BCUT2D eigenvalue weighted by atomic mass is 16.5. The third-order valence-corrected chi connectivity index (χ3v) is 5.04. The molecule has 0 aromatic carbocycles. The van der Waals surface area contributed by atoms with E-state index in [9.17, 15) is 4.79 Å². The Morgan fingerprint density at radius 1 is 1.30 bits per heavy atom. The number of piperidine rings is 1. The van der Waals surface area contributed by atoms with Crippen molar-refractivity contribution in [2.24, 2.45) is 11.8 Å². The Morgan fingerprint density at radius 2 is 2.04 bits per heavy atom. The number of amides is 1. The zero-order valence-corrected chi connectivity index (χ0v) is 13.9. The fourth-order valence-electron chi connectivity index (χ4n) is 3.46. The van der Waals surface area contributed by atoms with Gasteiger partial charge in [0.05, 0.1) is 25.8 Å². The number of nitrogens with one attached hydrogen (secondary N) is 1. The molecule has 126 valence electrons. The molecule has 0 bridgehead atoms. The first-order valence-electron chi connectivity index (χ1n) is 8.69. The molecule has 23 heavy (non-hydrogen) atoms. The summed E-state index contributed by atoms with van der Waals surface area (Å²) in [6, 6.07) is 4.19. The molecule has 1 aromatic heterocycles. The monoisotopic (exact) mass is 317 g/mol. The van der Waals surface area contributed by atoms with Gasteiger partial charge in [-0.15, -0.1) is 0 Å². The topological polar surface area (TPSA) is 54.5 Å². The van der Waals surface area contributed by atoms with Crippen LogP contribution in [0, 0.1) is 11.8 Å². The number of aromatic nitrogens is 1. The summed E-state index contributed by atoms with van der Waals surface area (Å²) in [5, 5.41) is 3.19. The number of rotatable bonds is 5. The average molecular weight is 317 g/mol. The second kappa shape index (κ2) is 7.88. The third-order valence-electron chi connectivity index (χ3n) is 5.04. The van der Waals surface area contributed by atoms with Crippen molar-refractivity contribution in [2.45, 2.75) is 32.2 Å². The fraction of sp³-hybridized carbons (Fsp3) is 0.667. The van der Waals surface area contributed by atoms with E-state index < -0.39 is 0 Å². The van der Waals surface area contributed by atoms with Gasteiger partial charge in [-0.05, 0) is 56.0 Å². The molecule has 1 aromatic rings. The molecule has 2 fully saturated rings. The van der Waals surface area contributed by atoms with Crippen molar-refractivity contribution in [2.75, 3.05) is 32.8 Å². The van der Waals surface area contributed by atoms with E-state index >= 15 is 0 Å². The minimum atomic E-state index is 0.124. The van der Waals surface area contributed by atoms with Gasteiger partial charge in [-0.25, -0.2) is 0 Å². The molecule has 0 unspecified atom stereocenters. The zero-order valence-electron chi connectivity index (χ0n) is 13.9. The van der Waals surface area contributed by atoms with E-state index in [1.165, 1.54) is 18.4 Å². The van der Waals surface area contributed by atoms with E-state index in [0.717, 1.165) is 25.4 Å². The van der Waals surface area contributed by atoms with Gasteiger partial charge in [0, 0.05) is 18.3 Å². The standard InChI is InChI=1S/C18H27N3O2/c1-14-4-8-21(9-5-14)11-18(22)20-17-13-23-12-16(17)10-15-2-6-19-7-3-15/h2-3,6-7,14,16-17H,4-5,8-13H2,1H3,(H,20,22)/t16-,17-/m1/s1. The molecule has 2 aliphatic heterocycles. The average Bonchev–Trinajstić information content (AvgIpc) is 2.97. The number of hydrogen-bond acceptors (Lipinski definition) is 4. The van der Waals surface area contributed by atoms with Gasteiger partial charge in [-0.2, -0.15) is 0 Å². The summed E-state index contributed by atoms with van der Waals surface area (Å²) in [5.41, 5.74) is 1.25. The Bertz CT molecular complexity index is 500. The van der Waals surface area contributed by atoms with Crippen LogP contribution in [-0.4, -0.2) is 54.7 Å². The van der Waals surface area contributed by atoms with E-state index in [0.29, 0.717) is 25.7 Å². The molecule has 2 aliphatic rings. The minimum Gasteiger partial charge on any atom is -0.379 e. The van der Waals surface area contributed by atoms with Crippen LogP contribution in [0.15, 0.2) is 24.5 Å². The van der Waals surface area contributed by atoms with E-state index in [4.69, 9.17) is 4.74 Å². The normalized spacial score (nSPS) is 26.3. The smallest absolute Gasteiger partial charge is 0.234 e. The van der Waals surface area contributed by atoms with Crippen molar-refractivity contribution in [1.29, 1.82) is 0 Å². The van der Waals surface area contributed by atoms with E-state index in [2.05, 4.69) is 22.1 Å². The van der Waals surface area contributed by atoms with Crippen LogP contribution in [0.25, 0.3) is 0 Å². The summed E-state index contributed by atoms with van der Waals surface area (Å²) < 4.78 is 5.60. The van der Waals surface area contributed by atoms with Crippen molar-refractivity contribution in [1.82, 2.24) is 15.2 Å². The molecule has 1 amide bonds. The predicted octanol–water partition coefficient (Wildman–Crippen LogP) is 1.49. The van der Waals surface area contributed by atoms with Gasteiger partial charge in [0.1, 0.15) is 0 Å². The van der Waals surface area contributed by atoms with Crippen LogP contribution in [0.1, 0.15) is 25.3 Å². The van der Waals surface area contributed by atoms with Crippen LogP contribution in [0.2, 0.25) is 0 Å².